The predicted molar refractivity (Wildman–Crippen MR) is 50.7 cm³/mol. The van der Waals surface area contributed by atoms with Gasteiger partial charge >= 0.3 is 0 Å². The van der Waals surface area contributed by atoms with Gasteiger partial charge in [0, 0.05) is 9.65 Å². The van der Waals surface area contributed by atoms with Gasteiger partial charge in [-0.25, -0.2) is 0 Å². The SMILES string of the molecule is CC1C(Br)C1C1C(C)C1Br. The third kappa shape index (κ3) is 0.911. The average Bonchev–Trinajstić information content (AvgIpc) is 2.62. The van der Waals surface area contributed by atoms with Crippen molar-refractivity contribution in [1.82, 2.24) is 0 Å². The zero-order valence-electron chi connectivity index (χ0n) is 6.22. The van der Waals surface area contributed by atoms with E-state index in [-0.39, 0.29) is 0 Å². The number of hydrogen-bond acceptors (Lipinski definition) is 0. The first-order valence-corrected chi connectivity index (χ1v) is 5.76. The molecule has 0 saturated heterocycles. The average molecular weight is 268 g/mol. The van der Waals surface area contributed by atoms with Gasteiger partial charge in [0.2, 0.25) is 0 Å². The first-order valence-electron chi connectivity index (χ1n) is 3.92. The minimum atomic E-state index is 0.822. The van der Waals surface area contributed by atoms with Crippen LogP contribution in [0.4, 0.5) is 0 Å². The van der Waals surface area contributed by atoms with Crippen molar-refractivity contribution >= 4 is 31.9 Å². The zero-order valence-corrected chi connectivity index (χ0v) is 9.39. The Kier molecular flexibility index (Phi) is 1.69. The Bertz CT molecular complexity index is 123. The fraction of sp³-hybridized carbons (Fsp3) is 1.00. The van der Waals surface area contributed by atoms with Crippen LogP contribution in [0, 0.1) is 23.7 Å². The Labute approximate surface area is 79.0 Å². The van der Waals surface area contributed by atoms with Crippen LogP contribution in [-0.4, -0.2) is 9.65 Å². The van der Waals surface area contributed by atoms with E-state index in [1.807, 2.05) is 0 Å². The van der Waals surface area contributed by atoms with E-state index >= 15 is 0 Å². The fourth-order valence-electron chi connectivity index (χ4n) is 2.01. The monoisotopic (exact) mass is 266 g/mol. The van der Waals surface area contributed by atoms with Crippen molar-refractivity contribution in [3.63, 3.8) is 0 Å². The molecule has 58 valence electrons. The third-order valence-electron chi connectivity index (χ3n) is 3.12. The van der Waals surface area contributed by atoms with Gasteiger partial charge in [-0.2, -0.15) is 0 Å². The van der Waals surface area contributed by atoms with Crippen LogP contribution in [-0.2, 0) is 0 Å². The first-order chi connectivity index (χ1) is 4.64. The van der Waals surface area contributed by atoms with Crippen LogP contribution in [0.3, 0.4) is 0 Å². The molecule has 0 aromatic rings. The van der Waals surface area contributed by atoms with Crippen LogP contribution >= 0.6 is 31.9 Å². The van der Waals surface area contributed by atoms with E-state index in [0.717, 1.165) is 33.3 Å². The van der Waals surface area contributed by atoms with Crippen LogP contribution in [0.5, 0.6) is 0 Å². The smallest absolute Gasteiger partial charge is 0.0208 e. The first kappa shape index (κ1) is 7.60. The quantitative estimate of drug-likeness (QED) is 0.641. The van der Waals surface area contributed by atoms with Gasteiger partial charge in [-0.15, -0.1) is 0 Å². The molecule has 0 aromatic heterocycles. The van der Waals surface area contributed by atoms with Crippen LogP contribution in [0.25, 0.3) is 0 Å². The van der Waals surface area contributed by atoms with Crippen molar-refractivity contribution in [3.05, 3.63) is 0 Å². The summed E-state index contributed by atoms with van der Waals surface area (Å²) in [7, 11) is 0. The Balaban J connectivity index is 1.94. The van der Waals surface area contributed by atoms with E-state index in [4.69, 9.17) is 0 Å². The molecule has 2 saturated carbocycles. The highest BCUT2D eigenvalue weighted by atomic mass is 79.9. The minimum absolute atomic E-state index is 0.822. The van der Waals surface area contributed by atoms with Gasteiger partial charge in [0.25, 0.3) is 0 Å². The van der Waals surface area contributed by atoms with Gasteiger partial charge in [0.1, 0.15) is 0 Å². The highest BCUT2D eigenvalue weighted by Crippen LogP contribution is 2.62. The van der Waals surface area contributed by atoms with Crippen molar-refractivity contribution < 1.29 is 0 Å². The molecule has 0 N–H and O–H groups in total. The summed E-state index contributed by atoms with van der Waals surface area (Å²) in [4.78, 5) is 1.64. The topological polar surface area (TPSA) is 0 Å². The van der Waals surface area contributed by atoms with Crippen molar-refractivity contribution in [2.75, 3.05) is 0 Å². The van der Waals surface area contributed by atoms with Gasteiger partial charge in [0.15, 0.2) is 0 Å². The molecule has 0 spiro atoms. The summed E-state index contributed by atoms with van der Waals surface area (Å²) in [6.45, 7) is 4.68. The van der Waals surface area contributed by atoms with Gasteiger partial charge in [-0.3, -0.25) is 0 Å². The predicted octanol–water partition coefficient (Wildman–Crippen LogP) is 3.05. The lowest BCUT2D eigenvalue weighted by molar-refractivity contribution is 0.616. The van der Waals surface area contributed by atoms with E-state index in [1.54, 1.807) is 0 Å². The molecular weight excluding hydrogens is 256 g/mol. The largest absolute Gasteiger partial charge is 0.0884 e. The second-order valence-electron chi connectivity index (χ2n) is 3.76. The van der Waals surface area contributed by atoms with Crippen molar-refractivity contribution in [1.29, 1.82) is 0 Å². The lowest BCUT2D eigenvalue weighted by Gasteiger charge is -1.88. The highest BCUT2D eigenvalue weighted by molar-refractivity contribution is 9.10. The lowest BCUT2D eigenvalue weighted by atomic mass is 10.2. The molecule has 0 amide bonds. The maximum Gasteiger partial charge on any atom is 0.0208 e. The van der Waals surface area contributed by atoms with Gasteiger partial charge in [-0.1, -0.05) is 45.7 Å². The number of halogens is 2. The summed E-state index contributed by atoms with van der Waals surface area (Å²) in [5.41, 5.74) is 0. The Morgan fingerprint density at radius 2 is 1.00 bits per heavy atom. The number of hydrogen-bond donors (Lipinski definition) is 0. The van der Waals surface area contributed by atoms with Crippen molar-refractivity contribution in [2.24, 2.45) is 23.7 Å². The second-order valence-corrected chi connectivity index (χ2v) is 5.88. The molecule has 0 radical (unpaired) electrons. The molecular formula is C8H12Br2. The molecule has 2 aliphatic carbocycles. The number of alkyl halides is 2. The molecule has 0 heterocycles. The second kappa shape index (κ2) is 2.22. The summed E-state index contributed by atoms with van der Waals surface area (Å²) in [6, 6.07) is 0. The summed E-state index contributed by atoms with van der Waals surface area (Å²) in [5.74, 6) is 3.80. The Morgan fingerprint density at radius 3 is 1.10 bits per heavy atom. The lowest BCUT2D eigenvalue weighted by Crippen LogP contribution is -1.86. The molecule has 0 aliphatic heterocycles. The van der Waals surface area contributed by atoms with Crippen molar-refractivity contribution in [3.8, 4) is 0 Å². The van der Waals surface area contributed by atoms with Gasteiger partial charge in [-0.05, 0) is 23.7 Å². The molecule has 2 heteroatoms. The number of rotatable bonds is 1. The molecule has 0 aromatic carbocycles. The van der Waals surface area contributed by atoms with Crippen LogP contribution < -0.4 is 0 Å². The summed E-state index contributed by atoms with van der Waals surface area (Å²) in [6.07, 6.45) is 0. The van der Waals surface area contributed by atoms with Gasteiger partial charge in [0.05, 0.1) is 0 Å². The molecule has 2 rings (SSSR count). The van der Waals surface area contributed by atoms with Crippen LogP contribution in [0.2, 0.25) is 0 Å². The Morgan fingerprint density at radius 1 is 0.800 bits per heavy atom. The van der Waals surface area contributed by atoms with Gasteiger partial charge < -0.3 is 0 Å². The maximum atomic E-state index is 3.69. The zero-order chi connectivity index (χ0) is 7.46. The molecule has 0 nitrogen and oxygen atoms in total. The fourth-order valence-corrected chi connectivity index (χ4v) is 4.03. The molecule has 2 fully saturated rings. The molecule has 2 aliphatic rings. The minimum Gasteiger partial charge on any atom is -0.0884 e. The highest BCUT2D eigenvalue weighted by Gasteiger charge is 2.61. The molecule has 6 unspecified atom stereocenters. The van der Waals surface area contributed by atoms with E-state index in [0.29, 0.717) is 0 Å². The van der Waals surface area contributed by atoms with E-state index in [9.17, 15) is 0 Å². The van der Waals surface area contributed by atoms with Crippen LogP contribution in [0.1, 0.15) is 13.8 Å². The summed E-state index contributed by atoms with van der Waals surface area (Å²) < 4.78 is 0. The van der Waals surface area contributed by atoms with E-state index in [2.05, 4.69) is 45.7 Å². The molecule has 6 atom stereocenters. The summed E-state index contributed by atoms with van der Waals surface area (Å²) in [5, 5.41) is 0. The third-order valence-corrected chi connectivity index (χ3v) is 6.01. The molecule has 0 bridgehead atoms. The summed E-state index contributed by atoms with van der Waals surface area (Å²) >= 11 is 7.38. The normalized spacial score (nSPS) is 66.0. The van der Waals surface area contributed by atoms with E-state index < -0.39 is 0 Å². The maximum absolute atomic E-state index is 3.69. The standard InChI is InChI=1S/C8H12Br2/c1-3-5(7(3)9)6-4(2)8(6)10/h3-8H,1-2H3. The van der Waals surface area contributed by atoms with Crippen molar-refractivity contribution in [2.45, 2.75) is 23.5 Å². The molecule has 10 heavy (non-hydrogen) atoms. The Hall–Kier alpha value is 0.960. The van der Waals surface area contributed by atoms with Crippen LogP contribution in [0.15, 0.2) is 0 Å². The van der Waals surface area contributed by atoms with E-state index in [1.165, 1.54) is 0 Å².